The second-order valence-electron chi connectivity index (χ2n) is 4.98. The topological polar surface area (TPSA) is 56.7 Å². The molecule has 2 aromatic rings. The van der Waals surface area contributed by atoms with Gasteiger partial charge < -0.3 is 10.3 Å². The first-order valence-electron chi connectivity index (χ1n) is 6.33. The zero-order chi connectivity index (χ0) is 11.8. The summed E-state index contributed by atoms with van der Waals surface area (Å²) in [6.45, 7) is 0. The lowest BCUT2D eigenvalue weighted by atomic mass is 9.89. The molecule has 1 fully saturated rings. The van der Waals surface area contributed by atoms with Gasteiger partial charge in [-0.1, -0.05) is 19.3 Å². The Morgan fingerprint density at radius 3 is 2.82 bits per heavy atom. The second kappa shape index (κ2) is 4.02. The molecule has 90 valence electrons. The second-order valence-corrected chi connectivity index (χ2v) is 4.98. The molecule has 1 saturated carbocycles. The summed E-state index contributed by atoms with van der Waals surface area (Å²) >= 11 is 0. The Hall–Kier alpha value is -1.58. The SMILES string of the molecule is Cn1c(C2CCCCC2)nc2cc(N)cnc21. The van der Waals surface area contributed by atoms with Gasteiger partial charge in [-0.15, -0.1) is 0 Å². The van der Waals surface area contributed by atoms with Crippen LogP contribution in [0.25, 0.3) is 11.2 Å². The van der Waals surface area contributed by atoms with Gasteiger partial charge in [0.15, 0.2) is 5.65 Å². The van der Waals surface area contributed by atoms with Crippen LogP contribution < -0.4 is 5.73 Å². The quantitative estimate of drug-likeness (QED) is 0.819. The van der Waals surface area contributed by atoms with Gasteiger partial charge in [-0.05, 0) is 18.9 Å². The molecule has 0 spiro atoms. The molecule has 0 amide bonds. The molecule has 0 aromatic carbocycles. The van der Waals surface area contributed by atoms with Crippen LogP contribution >= 0.6 is 0 Å². The lowest BCUT2D eigenvalue weighted by Crippen LogP contribution is -2.10. The number of anilines is 1. The van der Waals surface area contributed by atoms with Crippen LogP contribution in [0.1, 0.15) is 43.8 Å². The fraction of sp³-hybridized carbons (Fsp3) is 0.538. The number of nitrogens with zero attached hydrogens (tertiary/aromatic N) is 3. The standard InChI is InChI=1S/C13H18N4/c1-17-12(9-5-3-2-4-6-9)16-11-7-10(14)8-15-13(11)17/h7-9H,2-6,14H2,1H3. The summed E-state index contributed by atoms with van der Waals surface area (Å²) in [5.41, 5.74) is 8.30. The minimum absolute atomic E-state index is 0.601. The molecule has 2 heterocycles. The van der Waals surface area contributed by atoms with E-state index in [1.54, 1.807) is 6.20 Å². The van der Waals surface area contributed by atoms with Crippen LogP contribution in [0.3, 0.4) is 0 Å². The number of pyridine rings is 1. The van der Waals surface area contributed by atoms with Gasteiger partial charge in [0.2, 0.25) is 0 Å². The van der Waals surface area contributed by atoms with E-state index in [0.717, 1.165) is 11.2 Å². The lowest BCUT2D eigenvalue weighted by Gasteiger charge is -2.20. The Labute approximate surface area is 101 Å². The molecular weight excluding hydrogens is 212 g/mol. The summed E-state index contributed by atoms with van der Waals surface area (Å²) < 4.78 is 2.13. The maximum absolute atomic E-state index is 5.75. The zero-order valence-electron chi connectivity index (χ0n) is 10.2. The normalized spacial score (nSPS) is 17.7. The van der Waals surface area contributed by atoms with Crippen molar-refractivity contribution in [1.82, 2.24) is 14.5 Å². The Kier molecular flexibility index (Phi) is 2.50. The predicted molar refractivity (Wildman–Crippen MR) is 68.7 cm³/mol. The summed E-state index contributed by atoms with van der Waals surface area (Å²) in [6, 6.07) is 1.91. The highest BCUT2D eigenvalue weighted by atomic mass is 15.1. The molecule has 0 saturated heterocycles. The third-order valence-electron chi connectivity index (χ3n) is 3.74. The predicted octanol–water partition coefficient (Wildman–Crippen LogP) is 2.60. The Bertz CT molecular complexity index is 538. The van der Waals surface area contributed by atoms with Crippen LogP contribution in [0.5, 0.6) is 0 Å². The number of rotatable bonds is 1. The van der Waals surface area contributed by atoms with Gasteiger partial charge in [-0.2, -0.15) is 0 Å². The van der Waals surface area contributed by atoms with Gasteiger partial charge in [-0.25, -0.2) is 9.97 Å². The molecule has 0 unspecified atom stereocenters. The van der Waals surface area contributed by atoms with Gasteiger partial charge >= 0.3 is 0 Å². The monoisotopic (exact) mass is 230 g/mol. The molecule has 0 bridgehead atoms. The number of nitrogen functional groups attached to an aromatic ring is 1. The molecule has 4 heteroatoms. The molecule has 17 heavy (non-hydrogen) atoms. The van der Waals surface area contributed by atoms with E-state index in [1.165, 1.54) is 37.9 Å². The van der Waals surface area contributed by atoms with Gasteiger partial charge in [0, 0.05) is 13.0 Å². The van der Waals surface area contributed by atoms with Gasteiger partial charge in [0.25, 0.3) is 0 Å². The van der Waals surface area contributed by atoms with Gasteiger partial charge in [0.1, 0.15) is 11.3 Å². The van der Waals surface area contributed by atoms with Crippen molar-refractivity contribution in [2.24, 2.45) is 7.05 Å². The summed E-state index contributed by atoms with van der Waals surface area (Å²) in [4.78, 5) is 9.09. The molecule has 2 aromatic heterocycles. The molecule has 0 aliphatic heterocycles. The highest BCUT2D eigenvalue weighted by Gasteiger charge is 2.21. The van der Waals surface area contributed by atoms with E-state index in [4.69, 9.17) is 10.7 Å². The van der Waals surface area contributed by atoms with Crippen LogP contribution in [0.15, 0.2) is 12.3 Å². The van der Waals surface area contributed by atoms with E-state index < -0.39 is 0 Å². The number of aryl methyl sites for hydroxylation is 1. The Morgan fingerprint density at radius 2 is 2.06 bits per heavy atom. The largest absolute Gasteiger partial charge is 0.397 e. The molecule has 2 N–H and O–H groups in total. The van der Waals surface area contributed by atoms with Crippen LogP contribution in [0, 0.1) is 0 Å². The molecule has 0 radical (unpaired) electrons. The van der Waals surface area contributed by atoms with E-state index in [1.807, 2.05) is 6.07 Å². The van der Waals surface area contributed by atoms with E-state index in [-0.39, 0.29) is 0 Å². The van der Waals surface area contributed by atoms with Crippen LogP contribution in [0.2, 0.25) is 0 Å². The summed E-state index contributed by atoms with van der Waals surface area (Å²) in [6.07, 6.45) is 8.23. The minimum atomic E-state index is 0.601. The van der Waals surface area contributed by atoms with Crippen molar-refractivity contribution in [2.45, 2.75) is 38.0 Å². The van der Waals surface area contributed by atoms with Crippen molar-refractivity contribution in [3.63, 3.8) is 0 Å². The fourth-order valence-electron chi connectivity index (χ4n) is 2.84. The maximum atomic E-state index is 5.75. The van der Waals surface area contributed by atoms with E-state index in [9.17, 15) is 0 Å². The molecular formula is C13H18N4. The van der Waals surface area contributed by atoms with Crippen molar-refractivity contribution in [1.29, 1.82) is 0 Å². The molecule has 3 rings (SSSR count). The number of aromatic nitrogens is 3. The average molecular weight is 230 g/mol. The first kappa shape index (κ1) is 10.6. The minimum Gasteiger partial charge on any atom is -0.397 e. The van der Waals surface area contributed by atoms with Crippen LogP contribution in [-0.2, 0) is 7.05 Å². The maximum Gasteiger partial charge on any atom is 0.159 e. The molecule has 1 aliphatic carbocycles. The summed E-state index contributed by atoms with van der Waals surface area (Å²) in [7, 11) is 2.06. The number of imidazole rings is 1. The Balaban J connectivity index is 2.07. The van der Waals surface area contributed by atoms with E-state index in [0.29, 0.717) is 11.6 Å². The van der Waals surface area contributed by atoms with Crippen molar-refractivity contribution in [3.05, 3.63) is 18.1 Å². The molecule has 1 aliphatic rings. The van der Waals surface area contributed by atoms with E-state index in [2.05, 4.69) is 16.6 Å². The highest BCUT2D eigenvalue weighted by molar-refractivity contribution is 5.75. The first-order valence-corrected chi connectivity index (χ1v) is 6.33. The zero-order valence-corrected chi connectivity index (χ0v) is 10.2. The third kappa shape index (κ3) is 1.77. The van der Waals surface area contributed by atoms with Crippen molar-refractivity contribution in [3.8, 4) is 0 Å². The molecule has 4 nitrogen and oxygen atoms in total. The number of nitrogens with two attached hydrogens (primary N) is 1. The molecule has 0 atom stereocenters. The number of hydrogen-bond donors (Lipinski definition) is 1. The first-order chi connectivity index (χ1) is 8.25. The smallest absolute Gasteiger partial charge is 0.159 e. The van der Waals surface area contributed by atoms with Gasteiger partial charge in [0.05, 0.1) is 11.9 Å². The summed E-state index contributed by atoms with van der Waals surface area (Å²) in [5.74, 6) is 1.78. The summed E-state index contributed by atoms with van der Waals surface area (Å²) in [5, 5.41) is 0. The van der Waals surface area contributed by atoms with Crippen molar-refractivity contribution < 1.29 is 0 Å². The fourth-order valence-corrected chi connectivity index (χ4v) is 2.84. The number of fused-ring (bicyclic) bond motifs is 1. The van der Waals surface area contributed by atoms with Crippen LogP contribution in [0.4, 0.5) is 5.69 Å². The van der Waals surface area contributed by atoms with Crippen molar-refractivity contribution >= 4 is 16.9 Å². The van der Waals surface area contributed by atoms with Crippen LogP contribution in [-0.4, -0.2) is 14.5 Å². The van der Waals surface area contributed by atoms with Gasteiger partial charge in [-0.3, -0.25) is 0 Å². The van der Waals surface area contributed by atoms with Crippen molar-refractivity contribution in [2.75, 3.05) is 5.73 Å². The number of hydrogen-bond acceptors (Lipinski definition) is 3. The average Bonchev–Trinajstić information content (AvgIpc) is 2.67. The third-order valence-corrected chi connectivity index (χ3v) is 3.74. The lowest BCUT2D eigenvalue weighted by molar-refractivity contribution is 0.422. The van der Waals surface area contributed by atoms with E-state index >= 15 is 0 Å². The Morgan fingerprint density at radius 1 is 1.29 bits per heavy atom. The highest BCUT2D eigenvalue weighted by Crippen LogP contribution is 2.33.